The molecule has 1 aromatic heterocycles. The van der Waals surface area contributed by atoms with Crippen molar-refractivity contribution in [3.63, 3.8) is 0 Å². The van der Waals surface area contributed by atoms with Gasteiger partial charge in [0.1, 0.15) is 11.6 Å². The molecule has 8 heteroatoms. The van der Waals surface area contributed by atoms with Gasteiger partial charge in [0.05, 0.1) is 6.54 Å². The van der Waals surface area contributed by atoms with Crippen LogP contribution >= 0.6 is 0 Å². The molecule has 0 spiro atoms. The Morgan fingerprint density at radius 3 is 2.75 bits per heavy atom. The number of rotatable bonds is 4. The lowest BCUT2D eigenvalue weighted by Gasteiger charge is -2.27. The second-order valence-electron chi connectivity index (χ2n) is 7.37. The first-order valence-corrected chi connectivity index (χ1v) is 8.43. The molecule has 1 aliphatic heterocycles. The molecule has 24 heavy (non-hydrogen) atoms. The predicted molar refractivity (Wildman–Crippen MR) is 84.1 cm³/mol. The van der Waals surface area contributed by atoms with Crippen LogP contribution in [0.5, 0.6) is 0 Å². The molecule has 1 saturated carbocycles. The van der Waals surface area contributed by atoms with Crippen molar-refractivity contribution >= 4 is 12.0 Å². The summed E-state index contributed by atoms with van der Waals surface area (Å²) in [4.78, 5) is 30.4. The van der Waals surface area contributed by atoms with E-state index in [9.17, 15) is 9.59 Å². The SMILES string of the molecule is CC(C)(C)OC(=O)N1CCC[C@@H]1C(=O)NCc1nc(C2CC2)no1. The lowest BCUT2D eigenvalue weighted by Crippen LogP contribution is -2.47. The van der Waals surface area contributed by atoms with Gasteiger partial charge in [0.25, 0.3) is 0 Å². The number of nitrogens with one attached hydrogen (secondary N) is 1. The van der Waals surface area contributed by atoms with Crippen LogP contribution in [-0.2, 0) is 16.1 Å². The fourth-order valence-electron chi connectivity index (χ4n) is 2.71. The average molecular weight is 336 g/mol. The molecule has 3 rings (SSSR count). The maximum absolute atomic E-state index is 12.4. The van der Waals surface area contributed by atoms with Gasteiger partial charge >= 0.3 is 6.09 Å². The van der Waals surface area contributed by atoms with Crippen molar-refractivity contribution in [2.24, 2.45) is 0 Å². The summed E-state index contributed by atoms with van der Waals surface area (Å²) in [5.41, 5.74) is -0.580. The first-order valence-electron chi connectivity index (χ1n) is 8.43. The Kier molecular flexibility index (Phi) is 4.47. The van der Waals surface area contributed by atoms with Crippen LogP contribution in [0.25, 0.3) is 0 Å². The molecule has 1 aromatic rings. The Morgan fingerprint density at radius 1 is 1.33 bits per heavy atom. The van der Waals surface area contributed by atoms with Gasteiger partial charge in [-0.25, -0.2) is 4.79 Å². The van der Waals surface area contributed by atoms with Gasteiger partial charge in [0, 0.05) is 12.5 Å². The van der Waals surface area contributed by atoms with Crippen molar-refractivity contribution in [1.29, 1.82) is 0 Å². The molecule has 1 atom stereocenters. The van der Waals surface area contributed by atoms with Crippen LogP contribution in [0.15, 0.2) is 4.52 Å². The van der Waals surface area contributed by atoms with Gasteiger partial charge in [0.15, 0.2) is 5.82 Å². The predicted octanol–water partition coefficient (Wildman–Crippen LogP) is 1.96. The Morgan fingerprint density at radius 2 is 2.08 bits per heavy atom. The summed E-state index contributed by atoms with van der Waals surface area (Å²) in [5.74, 6) is 1.31. The van der Waals surface area contributed by atoms with E-state index in [1.54, 1.807) is 0 Å². The highest BCUT2D eigenvalue weighted by atomic mass is 16.6. The first kappa shape index (κ1) is 16.7. The number of ether oxygens (including phenoxy) is 1. The lowest BCUT2D eigenvalue weighted by molar-refractivity contribution is -0.125. The number of hydrogen-bond donors (Lipinski definition) is 1. The molecule has 0 radical (unpaired) electrons. The smallest absolute Gasteiger partial charge is 0.410 e. The largest absolute Gasteiger partial charge is 0.444 e. The molecule has 0 aromatic carbocycles. The highest BCUT2D eigenvalue weighted by molar-refractivity contribution is 5.86. The van der Waals surface area contributed by atoms with Gasteiger partial charge in [0.2, 0.25) is 11.8 Å². The standard InChI is InChI=1S/C16H24N4O4/c1-16(2,3)23-15(22)20-8-4-5-11(20)14(21)17-9-12-18-13(19-24-12)10-6-7-10/h10-11H,4-9H2,1-3H3,(H,17,21)/t11-/m1/s1. The van der Waals surface area contributed by atoms with E-state index in [-0.39, 0.29) is 12.5 Å². The van der Waals surface area contributed by atoms with E-state index in [1.165, 1.54) is 4.90 Å². The second-order valence-corrected chi connectivity index (χ2v) is 7.37. The summed E-state index contributed by atoms with van der Waals surface area (Å²) in [6.45, 7) is 6.13. The van der Waals surface area contributed by atoms with Gasteiger partial charge in [-0.1, -0.05) is 5.16 Å². The average Bonchev–Trinajstić information content (AvgIpc) is 3.04. The molecular formula is C16H24N4O4. The van der Waals surface area contributed by atoms with Crippen LogP contribution < -0.4 is 5.32 Å². The molecule has 132 valence electrons. The fourth-order valence-corrected chi connectivity index (χ4v) is 2.71. The molecule has 1 N–H and O–H groups in total. The number of aromatic nitrogens is 2. The zero-order valence-electron chi connectivity index (χ0n) is 14.4. The summed E-state index contributed by atoms with van der Waals surface area (Å²) in [6.07, 6.45) is 3.15. The third-order valence-corrected chi connectivity index (χ3v) is 4.02. The number of hydrogen-bond acceptors (Lipinski definition) is 6. The van der Waals surface area contributed by atoms with Crippen molar-refractivity contribution in [2.45, 2.75) is 70.6 Å². The van der Waals surface area contributed by atoms with Gasteiger partial charge in [-0.15, -0.1) is 0 Å². The molecular weight excluding hydrogens is 312 g/mol. The Balaban J connectivity index is 1.53. The molecule has 2 amide bonds. The quantitative estimate of drug-likeness (QED) is 0.902. The van der Waals surface area contributed by atoms with E-state index in [0.717, 1.165) is 25.1 Å². The van der Waals surface area contributed by atoms with Crippen LogP contribution in [0.4, 0.5) is 4.79 Å². The van der Waals surface area contributed by atoms with Crippen molar-refractivity contribution in [3.05, 3.63) is 11.7 Å². The summed E-state index contributed by atoms with van der Waals surface area (Å²) >= 11 is 0. The van der Waals surface area contributed by atoms with Gasteiger partial charge in [-0.3, -0.25) is 9.69 Å². The van der Waals surface area contributed by atoms with Crippen LogP contribution in [0.2, 0.25) is 0 Å². The van der Waals surface area contributed by atoms with Crippen LogP contribution in [0.3, 0.4) is 0 Å². The molecule has 8 nitrogen and oxygen atoms in total. The Labute approximate surface area is 140 Å². The highest BCUT2D eigenvalue weighted by Crippen LogP contribution is 2.38. The third kappa shape index (κ3) is 4.04. The van der Waals surface area contributed by atoms with Crippen molar-refractivity contribution in [1.82, 2.24) is 20.4 Å². The zero-order valence-corrected chi connectivity index (χ0v) is 14.4. The van der Waals surface area contributed by atoms with Gasteiger partial charge < -0.3 is 14.6 Å². The minimum Gasteiger partial charge on any atom is -0.444 e. The Bertz CT molecular complexity index is 618. The van der Waals surface area contributed by atoms with E-state index in [1.807, 2.05) is 20.8 Å². The van der Waals surface area contributed by atoms with Crippen LogP contribution in [0, 0.1) is 0 Å². The number of nitrogens with zero attached hydrogens (tertiary/aromatic N) is 3. The molecule has 2 fully saturated rings. The first-order chi connectivity index (χ1) is 11.3. The summed E-state index contributed by atoms with van der Waals surface area (Å²) in [6, 6.07) is -0.509. The zero-order chi connectivity index (χ0) is 17.3. The molecule has 2 heterocycles. The summed E-state index contributed by atoms with van der Waals surface area (Å²) in [7, 11) is 0. The number of likely N-dealkylation sites (tertiary alicyclic amines) is 1. The van der Waals surface area contributed by atoms with Crippen molar-refractivity contribution < 1.29 is 18.8 Å². The Hall–Kier alpha value is -2.12. The molecule has 1 aliphatic carbocycles. The number of carbonyl (C=O) groups excluding carboxylic acids is 2. The van der Waals surface area contributed by atoms with E-state index in [2.05, 4.69) is 15.5 Å². The molecule has 0 unspecified atom stereocenters. The van der Waals surface area contributed by atoms with E-state index in [4.69, 9.17) is 9.26 Å². The molecule has 0 bridgehead atoms. The van der Waals surface area contributed by atoms with Crippen molar-refractivity contribution in [2.75, 3.05) is 6.54 Å². The van der Waals surface area contributed by atoms with E-state index >= 15 is 0 Å². The second kappa shape index (κ2) is 6.41. The van der Waals surface area contributed by atoms with E-state index in [0.29, 0.717) is 24.8 Å². The van der Waals surface area contributed by atoms with Crippen LogP contribution in [0.1, 0.15) is 64.1 Å². The monoisotopic (exact) mass is 336 g/mol. The van der Waals surface area contributed by atoms with Crippen LogP contribution in [-0.4, -0.2) is 45.2 Å². The molecule has 1 saturated heterocycles. The topological polar surface area (TPSA) is 97.6 Å². The normalized spacial score (nSPS) is 21.0. The molecule has 2 aliphatic rings. The van der Waals surface area contributed by atoms with Crippen molar-refractivity contribution in [3.8, 4) is 0 Å². The maximum atomic E-state index is 12.4. The minimum atomic E-state index is -0.580. The third-order valence-electron chi connectivity index (χ3n) is 4.02. The van der Waals surface area contributed by atoms with Gasteiger partial charge in [-0.2, -0.15) is 4.98 Å². The minimum absolute atomic E-state index is 0.178. The van der Waals surface area contributed by atoms with E-state index < -0.39 is 17.7 Å². The highest BCUT2D eigenvalue weighted by Gasteiger charge is 2.36. The van der Waals surface area contributed by atoms with Gasteiger partial charge in [-0.05, 0) is 46.5 Å². The number of carbonyl (C=O) groups is 2. The summed E-state index contributed by atoms with van der Waals surface area (Å²) in [5, 5.41) is 6.69. The number of amides is 2. The lowest BCUT2D eigenvalue weighted by atomic mass is 10.2. The summed E-state index contributed by atoms with van der Waals surface area (Å²) < 4.78 is 10.5. The fraction of sp³-hybridized carbons (Fsp3) is 0.750. The maximum Gasteiger partial charge on any atom is 0.410 e.